The van der Waals surface area contributed by atoms with Gasteiger partial charge in [0.05, 0.1) is 5.71 Å². The lowest BCUT2D eigenvalue weighted by Gasteiger charge is -2.40. The second kappa shape index (κ2) is 7.60. The number of nitrogens with one attached hydrogen (secondary N) is 1. The van der Waals surface area contributed by atoms with Crippen LogP contribution in [0.25, 0.3) is 0 Å². The fourth-order valence-corrected chi connectivity index (χ4v) is 5.76. The molecule has 1 heterocycles. The molecule has 0 radical (unpaired) electrons. The van der Waals surface area contributed by atoms with Gasteiger partial charge in [-0.2, -0.15) is 0 Å². The van der Waals surface area contributed by atoms with Crippen LogP contribution >= 0.6 is 0 Å². The highest BCUT2D eigenvalue weighted by Crippen LogP contribution is 2.65. The summed E-state index contributed by atoms with van der Waals surface area (Å²) < 4.78 is 11.5. The van der Waals surface area contributed by atoms with Gasteiger partial charge in [-0.15, -0.1) is 0 Å². The lowest BCUT2D eigenvalue weighted by Crippen LogP contribution is -2.49. The first-order valence-electron chi connectivity index (χ1n) is 11.6. The molecule has 1 N–H and O–H groups in total. The summed E-state index contributed by atoms with van der Waals surface area (Å²) in [6.45, 7) is 14.5. The van der Waals surface area contributed by atoms with E-state index in [1.165, 1.54) is 0 Å². The zero-order chi connectivity index (χ0) is 23.5. The highest BCUT2D eigenvalue weighted by atomic mass is 16.6. The Hall–Kier alpha value is -2.37. The molecule has 6 heteroatoms. The van der Waals surface area contributed by atoms with Crippen LogP contribution in [0.5, 0.6) is 0 Å². The number of carbonyl (C=O) groups is 2. The van der Waals surface area contributed by atoms with Crippen LogP contribution in [0.1, 0.15) is 71.4 Å². The maximum atomic E-state index is 13.2. The number of aliphatic imine (C=N–C) groups is 1. The minimum atomic E-state index is -0.683. The minimum absolute atomic E-state index is 0.0415. The quantitative estimate of drug-likeness (QED) is 0.683. The van der Waals surface area contributed by atoms with Gasteiger partial charge in [-0.25, -0.2) is 9.59 Å². The molecule has 174 valence electrons. The van der Waals surface area contributed by atoms with E-state index >= 15 is 0 Å². The first-order chi connectivity index (χ1) is 14.8. The molecule has 2 saturated carbocycles. The van der Waals surface area contributed by atoms with Crippen molar-refractivity contribution >= 4 is 17.8 Å². The molecule has 5 atom stereocenters. The predicted molar refractivity (Wildman–Crippen MR) is 124 cm³/mol. The average molecular weight is 441 g/mol. The van der Waals surface area contributed by atoms with Crippen LogP contribution in [0, 0.1) is 23.7 Å². The summed E-state index contributed by atoms with van der Waals surface area (Å²) in [5.74, 6) is -0.315. The molecule has 0 spiro atoms. The molecule has 1 amide bonds. The standard InChI is InChI=1S/C26H36N2O4/c1-15-8-10-16(11-9-15)17(14-27-23(30)32-24(2,3)4)19-22(29)31-21-20(28-19)18-12-13-26(21,7)25(18,5)6/h8-11,17-19,21H,12-14H2,1-7H3,(H,27,30)/t17-,18+,19+,21+,26-/m0/s1. The molecule has 2 fully saturated rings. The van der Waals surface area contributed by atoms with Gasteiger partial charge in [-0.1, -0.05) is 50.6 Å². The molecular formula is C26H36N2O4. The van der Waals surface area contributed by atoms with E-state index in [2.05, 4.69) is 26.1 Å². The second-order valence-corrected chi connectivity index (χ2v) is 11.4. The molecule has 0 aromatic heterocycles. The van der Waals surface area contributed by atoms with E-state index in [1.54, 1.807) is 0 Å². The van der Waals surface area contributed by atoms with E-state index in [1.807, 2.05) is 52.0 Å². The van der Waals surface area contributed by atoms with Crippen molar-refractivity contribution in [1.82, 2.24) is 5.32 Å². The molecule has 0 saturated heterocycles. The maximum Gasteiger partial charge on any atom is 0.407 e. The fraction of sp³-hybridized carbons (Fsp3) is 0.654. The monoisotopic (exact) mass is 440 g/mol. The molecule has 3 aliphatic rings. The Labute approximate surface area is 191 Å². The van der Waals surface area contributed by atoms with E-state index in [0.717, 1.165) is 29.7 Å². The van der Waals surface area contributed by atoms with Crippen molar-refractivity contribution in [1.29, 1.82) is 0 Å². The number of ether oxygens (including phenoxy) is 2. The van der Waals surface area contributed by atoms with E-state index in [0.29, 0.717) is 5.92 Å². The number of alkyl carbamates (subject to hydrolysis) is 1. The topological polar surface area (TPSA) is 77.0 Å². The molecule has 2 aliphatic carbocycles. The molecule has 0 unspecified atom stereocenters. The zero-order valence-corrected chi connectivity index (χ0v) is 20.3. The SMILES string of the molecule is Cc1ccc([C@H](CNC(=O)OC(C)(C)C)[C@H]2N=C3[C@H]4CC[C@@](C)([C@@H]3OC2=O)C4(C)C)cc1. The summed E-state index contributed by atoms with van der Waals surface area (Å²) in [6.07, 6.45) is 1.39. The Morgan fingerprint density at radius 3 is 2.53 bits per heavy atom. The number of esters is 1. The largest absolute Gasteiger partial charge is 0.454 e. The lowest BCUT2D eigenvalue weighted by molar-refractivity contribution is -0.156. The maximum absolute atomic E-state index is 13.2. The Morgan fingerprint density at radius 1 is 1.25 bits per heavy atom. The van der Waals surface area contributed by atoms with Gasteiger partial charge in [0.25, 0.3) is 0 Å². The summed E-state index contributed by atoms with van der Waals surface area (Å²) >= 11 is 0. The summed E-state index contributed by atoms with van der Waals surface area (Å²) in [5.41, 5.74) is 2.48. The molecule has 1 aromatic carbocycles. The van der Waals surface area contributed by atoms with Crippen LogP contribution in [-0.2, 0) is 14.3 Å². The molecule has 4 rings (SSSR count). The van der Waals surface area contributed by atoms with Crippen LogP contribution in [0.15, 0.2) is 29.3 Å². The molecule has 2 bridgehead atoms. The zero-order valence-electron chi connectivity index (χ0n) is 20.3. The van der Waals surface area contributed by atoms with Gasteiger partial charge in [0.15, 0.2) is 6.04 Å². The number of nitrogens with zero attached hydrogens (tertiary/aromatic N) is 1. The fourth-order valence-electron chi connectivity index (χ4n) is 5.76. The van der Waals surface area contributed by atoms with Crippen molar-refractivity contribution in [2.24, 2.45) is 21.7 Å². The summed E-state index contributed by atoms with van der Waals surface area (Å²) in [6, 6.07) is 7.35. The number of carbonyl (C=O) groups excluding carboxylic acids is 2. The van der Waals surface area contributed by atoms with Crippen LogP contribution in [0.4, 0.5) is 4.79 Å². The Balaban J connectivity index is 1.65. The second-order valence-electron chi connectivity index (χ2n) is 11.4. The van der Waals surface area contributed by atoms with Crippen molar-refractivity contribution in [3.63, 3.8) is 0 Å². The van der Waals surface area contributed by atoms with Gasteiger partial charge in [0.1, 0.15) is 11.7 Å². The Bertz CT molecular complexity index is 944. The number of hydrogen-bond acceptors (Lipinski definition) is 5. The molecule has 1 aliphatic heterocycles. The molecule has 6 nitrogen and oxygen atoms in total. The third kappa shape index (κ3) is 3.71. The van der Waals surface area contributed by atoms with Gasteiger partial charge in [0, 0.05) is 23.8 Å². The van der Waals surface area contributed by atoms with Crippen LogP contribution in [0.3, 0.4) is 0 Å². The number of amides is 1. The number of aryl methyl sites for hydroxylation is 1. The molecule has 32 heavy (non-hydrogen) atoms. The van der Waals surface area contributed by atoms with E-state index in [9.17, 15) is 9.59 Å². The number of hydrogen-bond donors (Lipinski definition) is 1. The van der Waals surface area contributed by atoms with E-state index in [4.69, 9.17) is 14.5 Å². The Morgan fingerprint density at radius 2 is 1.91 bits per heavy atom. The first-order valence-corrected chi connectivity index (χ1v) is 11.6. The van der Waals surface area contributed by atoms with Crippen molar-refractivity contribution in [3.05, 3.63) is 35.4 Å². The number of benzene rings is 1. The highest BCUT2D eigenvalue weighted by molar-refractivity contribution is 6.01. The van der Waals surface area contributed by atoms with Crippen molar-refractivity contribution < 1.29 is 19.1 Å². The summed E-state index contributed by atoms with van der Waals surface area (Å²) in [7, 11) is 0. The van der Waals surface area contributed by atoms with Crippen LogP contribution in [-0.4, -0.2) is 42.1 Å². The molecule has 1 aromatic rings. The van der Waals surface area contributed by atoms with Gasteiger partial charge < -0.3 is 14.8 Å². The van der Waals surface area contributed by atoms with Crippen molar-refractivity contribution in [3.8, 4) is 0 Å². The van der Waals surface area contributed by atoms with E-state index < -0.39 is 17.7 Å². The average Bonchev–Trinajstić information content (AvgIpc) is 3.00. The Kier molecular flexibility index (Phi) is 5.42. The lowest BCUT2D eigenvalue weighted by atomic mass is 9.70. The van der Waals surface area contributed by atoms with Crippen LogP contribution < -0.4 is 5.32 Å². The number of rotatable bonds is 4. The highest BCUT2D eigenvalue weighted by Gasteiger charge is 2.67. The predicted octanol–water partition coefficient (Wildman–Crippen LogP) is 4.79. The van der Waals surface area contributed by atoms with Gasteiger partial charge in [0.2, 0.25) is 0 Å². The first kappa shape index (κ1) is 22.8. The van der Waals surface area contributed by atoms with Crippen molar-refractivity contribution in [2.45, 2.75) is 85.0 Å². The van der Waals surface area contributed by atoms with Crippen molar-refractivity contribution in [2.75, 3.05) is 6.54 Å². The number of fused-ring (bicyclic) bond motifs is 5. The minimum Gasteiger partial charge on any atom is -0.454 e. The van der Waals surface area contributed by atoms with Gasteiger partial charge in [-0.05, 0) is 51.5 Å². The summed E-state index contributed by atoms with van der Waals surface area (Å²) in [4.78, 5) is 30.6. The van der Waals surface area contributed by atoms with Gasteiger partial charge in [-0.3, -0.25) is 4.99 Å². The molecular weight excluding hydrogens is 404 g/mol. The van der Waals surface area contributed by atoms with E-state index in [-0.39, 0.29) is 35.4 Å². The smallest absolute Gasteiger partial charge is 0.407 e. The third-order valence-electron chi connectivity index (χ3n) is 8.02. The summed E-state index contributed by atoms with van der Waals surface area (Å²) in [5, 5.41) is 2.85. The van der Waals surface area contributed by atoms with Gasteiger partial charge >= 0.3 is 12.1 Å². The third-order valence-corrected chi connectivity index (χ3v) is 8.02. The van der Waals surface area contributed by atoms with Crippen LogP contribution in [0.2, 0.25) is 0 Å². The normalized spacial score (nSPS) is 31.4.